The van der Waals surface area contributed by atoms with Gasteiger partial charge in [-0.2, -0.15) is 0 Å². The van der Waals surface area contributed by atoms with Crippen molar-refractivity contribution in [1.29, 1.82) is 0 Å². The van der Waals surface area contributed by atoms with Crippen LogP contribution in [0.25, 0.3) is 0 Å². The largest absolute Gasteiger partial charge is 0.391 e. The van der Waals surface area contributed by atoms with Crippen molar-refractivity contribution in [1.82, 2.24) is 9.88 Å². The average Bonchev–Trinajstić information content (AvgIpc) is 2.41. The number of nitrogens with zero attached hydrogens (tertiary/aromatic N) is 2. The van der Waals surface area contributed by atoms with E-state index in [-0.39, 0.29) is 11.8 Å². The molecule has 98 valence electrons. The number of amides is 1. The minimum Gasteiger partial charge on any atom is -0.391 e. The van der Waals surface area contributed by atoms with Gasteiger partial charge in [0.15, 0.2) is 0 Å². The lowest BCUT2D eigenvalue weighted by atomic mass is 9.95. The Balaban J connectivity index is 2.16. The number of anilines is 1. The molecule has 2 heterocycles. The number of β-amino-alcohol motifs (C(OH)–C–C–N with tert-alkyl or cyclic N) is 1. The fraction of sp³-hybridized carbons (Fsp3) is 0.500. The van der Waals surface area contributed by atoms with Gasteiger partial charge in [0.05, 0.1) is 17.4 Å². The normalized spacial score (nSPS) is 23.8. The Labute approximate surface area is 106 Å². The first-order chi connectivity index (χ1) is 8.63. The van der Waals surface area contributed by atoms with E-state index in [2.05, 4.69) is 10.4 Å². The third kappa shape index (κ3) is 2.44. The lowest BCUT2D eigenvalue weighted by Crippen LogP contribution is -2.46. The van der Waals surface area contributed by atoms with Crippen molar-refractivity contribution in [2.24, 2.45) is 11.8 Å². The van der Waals surface area contributed by atoms with Crippen LogP contribution in [0.5, 0.6) is 0 Å². The van der Waals surface area contributed by atoms with Crippen LogP contribution in [-0.2, 0) is 0 Å². The molecule has 1 aliphatic heterocycles. The molecule has 1 aliphatic rings. The number of nitrogens with two attached hydrogens (primary N) is 1. The molecule has 1 amide bonds. The molecule has 2 atom stereocenters. The van der Waals surface area contributed by atoms with Gasteiger partial charge in [0.2, 0.25) is 0 Å². The van der Waals surface area contributed by atoms with Gasteiger partial charge >= 0.3 is 0 Å². The molecule has 1 saturated heterocycles. The summed E-state index contributed by atoms with van der Waals surface area (Å²) in [7, 11) is 0. The number of hydrogen-bond acceptors (Lipinski definition) is 5. The van der Waals surface area contributed by atoms with Gasteiger partial charge in [-0.05, 0) is 18.4 Å². The van der Waals surface area contributed by atoms with Crippen LogP contribution in [-0.4, -0.2) is 40.1 Å². The molecule has 0 bridgehead atoms. The summed E-state index contributed by atoms with van der Waals surface area (Å²) in [5.74, 6) is 5.45. The third-order valence-corrected chi connectivity index (χ3v) is 3.41. The van der Waals surface area contributed by atoms with Crippen molar-refractivity contribution >= 4 is 11.6 Å². The number of aromatic nitrogens is 1. The van der Waals surface area contributed by atoms with E-state index in [0.29, 0.717) is 24.3 Å². The van der Waals surface area contributed by atoms with Gasteiger partial charge in [-0.25, -0.2) is 0 Å². The Bertz CT molecular complexity index is 438. The van der Waals surface area contributed by atoms with E-state index in [1.165, 1.54) is 6.20 Å². The maximum absolute atomic E-state index is 12.3. The van der Waals surface area contributed by atoms with Crippen LogP contribution in [0.3, 0.4) is 0 Å². The maximum Gasteiger partial charge on any atom is 0.257 e. The van der Waals surface area contributed by atoms with Crippen LogP contribution in [0, 0.1) is 5.92 Å². The Morgan fingerprint density at radius 3 is 3.11 bits per heavy atom. The number of likely N-dealkylation sites (tertiary alicyclic amines) is 1. The number of hydrazine groups is 1. The van der Waals surface area contributed by atoms with Gasteiger partial charge < -0.3 is 15.4 Å². The van der Waals surface area contributed by atoms with Crippen LogP contribution < -0.4 is 11.3 Å². The van der Waals surface area contributed by atoms with E-state index in [0.717, 1.165) is 6.42 Å². The second kappa shape index (κ2) is 5.32. The molecule has 1 aromatic rings. The molecule has 18 heavy (non-hydrogen) atoms. The van der Waals surface area contributed by atoms with Gasteiger partial charge in [-0.1, -0.05) is 6.92 Å². The van der Waals surface area contributed by atoms with E-state index < -0.39 is 6.10 Å². The smallest absolute Gasteiger partial charge is 0.257 e. The molecule has 6 heteroatoms. The van der Waals surface area contributed by atoms with Crippen LogP contribution in [0.15, 0.2) is 18.5 Å². The number of carbonyl (C=O) groups is 1. The van der Waals surface area contributed by atoms with Crippen molar-refractivity contribution in [3.63, 3.8) is 0 Å². The van der Waals surface area contributed by atoms with E-state index in [1.54, 1.807) is 17.2 Å². The van der Waals surface area contributed by atoms with Gasteiger partial charge in [-0.15, -0.1) is 0 Å². The number of rotatable bonds is 2. The minimum atomic E-state index is -0.464. The van der Waals surface area contributed by atoms with Gasteiger partial charge in [0.25, 0.3) is 5.91 Å². The molecule has 6 nitrogen and oxygen atoms in total. The summed E-state index contributed by atoms with van der Waals surface area (Å²) >= 11 is 0. The predicted molar refractivity (Wildman–Crippen MR) is 67.7 cm³/mol. The number of carbonyl (C=O) groups excluding carboxylic acids is 1. The standard InChI is InChI=1S/C12H18N4O2/c1-8-3-5-16(7-11(8)17)12(18)9-6-14-4-2-10(9)15-13/h2,4,6,8,11,17H,3,5,7,13H2,1H3,(H,14,15). The average molecular weight is 250 g/mol. The molecule has 0 spiro atoms. The minimum absolute atomic E-state index is 0.151. The summed E-state index contributed by atoms with van der Waals surface area (Å²) in [5, 5.41) is 9.82. The molecule has 0 aromatic carbocycles. The van der Waals surface area contributed by atoms with Crippen molar-refractivity contribution < 1.29 is 9.90 Å². The second-order valence-corrected chi connectivity index (χ2v) is 4.65. The Morgan fingerprint density at radius 1 is 1.67 bits per heavy atom. The number of nitrogen functional groups attached to an aromatic ring is 1. The zero-order valence-corrected chi connectivity index (χ0v) is 10.3. The number of nitrogens with one attached hydrogen (secondary N) is 1. The molecule has 2 rings (SSSR count). The molecule has 1 aromatic heterocycles. The molecule has 1 fully saturated rings. The summed E-state index contributed by atoms with van der Waals surface area (Å²) in [6, 6.07) is 1.65. The number of aliphatic hydroxyl groups is 1. The Morgan fingerprint density at radius 2 is 2.44 bits per heavy atom. The SMILES string of the molecule is CC1CCN(C(=O)c2cnccc2NN)CC1O. The quantitative estimate of drug-likeness (QED) is 0.515. The summed E-state index contributed by atoms with van der Waals surface area (Å²) in [4.78, 5) is 17.9. The fourth-order valence-corrected chi connectivity index (χ4v) is 2.09. The number of piperidine rings is 1. The van der Waals surface area contributed by atoms with Crippen molar-refractivity contribution in [3.8, 4) is 0 Å². The number of aliphatic hydroxyl groups excluding tert-OH is 1. The molecule has 0 saturated carbocycles. The Kier molecular flexibility index (Phi) is 3.78. The highest BCUT2D eigenvalue weighted by molar-refractivity contribution is 5.99. The summed E-state index contributed by atoms with van der Waals surface area (Å²) in [5.41, 5.74) is 3.46. The van der Waals surface area contributed by atoms with Gasteiger partial charge in [0, 0.05) is 25.5 Å². The third-order valence-electron chi connectivity index (χ3n) is 3.41. The summed E-state index contributed by atoms with van der Waals surface area (Å²) in [6.07, 6.45) is 3.40. The highest BCUT2D eigenvalue weighted by Crippen LogP contribution is 2.21. The number of hydrogen-bond donors (Lipinski definition) is 3. The highest BCUT2D eigenvalue weighted by atomic mass is 16.3. The zero-order chi connectivity index (χ0) is 13.1. The molecule has 0 radical (unpaired) electrons. The molecule has 0 aliphatic carbocycles. The van der Waals surface area contributed by atoms with E-state index in [4.69, 9.17) is 5.84 Å². The lowest BCUT2D eigenvalue weighted by molar-refractivity contribution is 0.0249. The van der Waals surface area contributed by atoms with E-state index >= 15 is 0 Å². The van der Waals surface area contributed by atoms with E-state index in [1.807, 2.05) is 6.92 Å². The molecular weight excluding hydrogens is 232 g/mol. The Hall–Kier alpha value is -1.66. The van der Waals surface area contributed by atoms with Crippen molar-refractivity contribution in [2.75, 3.05) is 18.5 Å². The van der Waals surface area contributed by atoms with Crippen LogP contribution in [0.4, 0.5) is 5.69 Å². The molecule has 2 unspecified atom stereocenters. The maximum atomic E-state index is 12.3. The lowest BCUT2D eigenvalue weighted by Gasteiger charge is -2.34. The van der Waals surface area contributed by atoms with Crippen LogP contribution >= 0.6 is 0 Å². The molecular formula is C12H18N4O2. The predicted octanol–water partition coefficient (Wildman–Crippen LogP) is 0.210. The first kappa shape index (κ1) is 12.8. The van der Waals surface area contributed by atoms with Crippen LogP contribution in [0.1, 0.15) is 23.7 Å². The summed E-state index contributed by atoms with van der Waals surface area (Å²) < 4.78 is 0. The second-order valence-electron chi connectivity index (χ2n) is 4.65. The first-order valence-corrected chi connectivity index (χ1v) is 6.01. The number of pyridine rings is 1. The first-order valence-electron chi connectivity index (χ1n) is 6.01. The van der Waals surface area contributed by atoms with Crippen molar-refractivity contribution in [2.45, 2.75) is 19.4 Å². The zero-order valence-electron chi connectivity index (χ0n) is 10.3. The van der Waals surface area contributed by atoms with E-state index in [9.17, 15) is 9.90 Å². The van der Waals surface area contributed by atoms with Crippen molar-refractivity contribution in [3.05, 3.63) is 24.0 Å². The highest BCUT2D eigenvalue weighted by Gasteiger charge is 2.28. The van der Waals surface area contributed by atoms with Gasteiger partial charge in [-0.3, -0.25) is 15.6 Å². The summed E-state index contributed by atoms with van der Waals surface area (Å²) in [6.45, 7) is 3.00. The van der Waals surface area contributed by atoms with Crippen LogP contribution in [0.2, 0.25) is 0 Å². The monoisotopic (exact) mass is 250 g/mol. The van der Waals surface area contributed by atoms with Gasteiger partial charge in [0.1, 0.15) is 0 Å². The fourth-order valence-electron chi connectivity index (χ4n) is 2.09. The molecule has 4 N–H and O–H groups in total. The topological polar surface area (TPSA) is 91.5 Å².